The Bertz CT molecular complexity index is 689. The van der Waals surface area contributed by atoms with Gasteiger partial charge in [-0.1, -0.05) is 24.6 Å². The van der Waals surface area contributed by atoms with E-state index in [9.17, 15) is 4.79 Å². The Morgan fingerprint density at radius 1 is 1.25 bits per heavy atom. The summed E-state index contributed by atoms with van der Waals surface area (Å²) in [7, 11) is 0. The van der Waals surface area contributed by atoms with E-state index in [1.54, 1.807) is 16.3 Å². The van der Waals surface area contributed by atoms with E-state index in [2.05, 4.69) is 18.8 Å². The van der Waals surface area contributed by atoms with Crippen LogP contribution in [0, 0.1) is 6.92 Å². The molecule has 1 aliphatic rings. The molecule has 104 valence electrons. The molecule has 3 nitrogen and oxygen atoms in total. The number of hydrogen-bond acceptors (Lipinski definition) is 3. The van der Waals surface area contributed by atoms with Gasteiger partial charge in [-0.3, -0.25) is 4.57 Å². The molecular weight excluding hydrogens is 268 g/mol. The number of aromatic nitrogens is 2. The highest BCUT2D eigenvalue weighted by Gasteiger charge is 2.22. The van der Waals surface area contributed by atoms with Gasteiger partial charge in [0.05, 0.1) is 5.69 Å². The molecule has 0 amide bonds. The van der Waals surface area contributed by atoms with E-state index in [1.807, 2.05) is 24.3 Å². The zero-order valence-corrected chi connectivity index (χ0v) is 12.7. The first-order chi connectivity index (χ1) is 9.70. The Hall–Kier alpha value is -1.55. The largest absolute Gasteiger partial charge is 0.353 e. The van der Waals surface area contributed by atoms with Crippen LogP contribution in [0.3, 0.4) is 0 Å². The van der Waals surface area contributed by atoms with Gasteiger partial charge in [0.25, 0.3) is 0 Å². The molecule has 3 rings (SSSR count). The van der Waals surface area contributed by atoms with Crippen molar-refractivity contribution in [2.45, 2.75) is 38.1 Å². The molecule has 2 aromatic rings. The predicted octanol–water partition coefficient (Wildman–Crippen LogP) is 3.14. The summed E-state index contributed by atoms with van der Waals surface area (Å²) in [5, 5.41) is 0.938. The van der Waals surface area contributed by atoms with E-state index < -0.39 is 0 Å². The first-order valence-corrected chi connectivity index (χ1v) is 8.04. The molecule has 0 radical (unpaired) electrons. The van der Waals surface area contributed by atoms with Crippen LogP contribution in [-0.2, 0) is 12.8 Å². The van der Waals surface area contributed by atoms with Crippen LogP contribution in [0.2, 0.25) is 0 Å². The van der Waals surface area contributed by atoms with Gasteiger partial charge >= 0.3 is 5.69 Å². The van der Waals surface area contributed by atoms with E-state index in [0.29, 0.717) is 0 Å². The van der Waals surface area contributed by atoms with Crippen LogP contribution >= 0.6 is 11.8 Å². The zero-order valence-electron chi connectivity index (χ0n) is 11.8. The molecule has 4 heteroatoms. The summed E-state index contributed by atoms with van der Waals surface area (Å²) in [6.07, 6.45) is 3.12. The molecule has 1 aromatic carbocycles. The number of benzene rings is 1. The van der Waals surface area contributed by atoms with Crippen LogP contribution in [0.15, 0.2) is 34.1 Å². The van der Waals surface area contributed by atoms with Gasteiger partial charge in [0, 0.05) is 11.3 Å². The van der Waals surface area contributed by atoms with Gasteiger partial charge in [-0.2, -0.15) is 4.98 Å². The quantitative estimate of drug-likeness (QED) is 0.642. The first-order valence-electron chi connectivity index (χ1n) is 7.05. The SMILES string of the molecule is CCSc1nc(=O)n(-c2ccc(C)cc2)c2c1CCC2. The zero-order chi connectivity index (χ0) is 14.1. The minimum atomic E-state index is -0.148. The fraction of sp³-hybridized carbons (Fsp3) is 0.375. The summed E-state index contributed by atoms with van der Waals surface area (Å²) in [4.78, 5) is 16.7. The maximum absolute atomic E-state index is 12.4. The molecule has 1 aliphatic carbocycles. The highest BCUT2D eigenvalue weighted by Crippen LogP contribution is 2.30. The Balaban J connectivity index is 2.19. The number of thioether (sulfide) groups is 1. The molecule has 0 N–H and O–H groups in total. The van der Waals surface area contributed by atoms with E-state index >= 15 is 0 Å². The Kier molecular flexibility index (Phi) is 3.66. The van der Waals surface area contributed by atoms with E-state index in [0.717, 1.165) is 41.4 Å². The minimum absolute atomic E-state index is 0.148. The van der Waals surface area contributed by atoms with Crippen LogP contribution in [0.4, 0.5) is 0 Å². The molecule has 1 aromatic heterocycles. The molecule has 0 saturated heterocycles. The molecule has 0 unspecified atom stereocenters. The lowest BCUT2D eigenvalue weighted by molar-refractivity contribution is 0.802. The van der Waals surface area contributed by atoms with Crippen LogP contribution in [-0.4, -0.2) is 15.3 Å². The van der Waals surface area contributed by atoms with Gasteiger partial charge in [0.2, 0.25) is 0 Å². The normalized spacial score (nSPS) is 13.5. The first kappa shape index (κ1) is 13.4. The second-order valence-corrected chi connectivity index (χ2v) is 6.34. The van der Waals surface area contributed by atoms with Crippen molar-refractivity contribution in [3.63, 3.8) is 0 Å². The molecule has 0 bridgehead atoms. The highest BCUT2D eigenvalue weighted by molar-refractivity contribution is 7.99. The standard InChI is InChI=1S/C16H18N2OS/c1-3-20-15-13-5-4-6-14(13)18(16(19)17-15)12-9-7-11(2)8-10-12/h7-10H,3-6H2,1-2H3. The topological polar surface area (TPSA) is 34.9 Å². The van der Waals surface area contributed by atoms with E-state index in [4.69, 9.17) is 0 Å². The third-order valence-corrected chi connectivity index (χ3v) is 4.58. The fourth-order valence-electron chi connectivity index (χ4n) is 2.74. The number of rotatable bonds is 3. The minimum Gasteiger partial charge on any atom is -0.265 e. The fourth-order valence-corrected chi connectivity index (χ4v) is 3.55. The highest BCUT2D eigenvalue weighted by atomic mass is 32.2. The average molecular weight is 286 g/mol. The summed E-state index contributed by atoms with van der Waals surface area (Å²) in [5.41, 5.74) is 4.41. The third kappa shape index (κ3) is 2.29. The van der Waals surface area contributed by atoms with Gasteiger partial charge in [0.1, 0.15) is 5.03 Å². The monoisotopic (exact) mass is 286 g/mol. The lowest BCUT2D eigenvalue weighted by Gasteiger charge is -2.14. The number of fused-ring (bicyclic) bond motifs is 1. The second kappa shape index (κ2) is 5.44. The molecular formula is C16H18N2OS. The number of aryl methyl sites for hydroxylation is 1. The summed E-state index contributed by atoms with van der Waals surface area (Å²) < 4.78 is 1.79. The van der Waals surface area contributed by atoms with Crippen molar-refractivity contribution in [1.82, 2.24) is 9.55 Å². The van der Waals surface area contributed by atoms with Gasteiger partial charge in [0.15, 0.2) is 0 Å². The maximum atomic E-state index is 12.4. The second-order valence-electron chi connectivity index (χ2n) is 5.08. The van der Waals surface area contributed by atoms with Crippen molar-refractivity contribution in [3.8, 4) is 5.69 Å². The molecule has 20 heavy (non-hydrogen) atoms. The molecule has 0 fully saturated rings. The summed E-state index contributed by atoms with van der Waals surface area (Å²) >= 11 is 1.68. The summed E-state index contributed by atoms with van der Waals surface area (Å²) in [6.45, 7) is 4.15. The van der Waals surface area contributed by atoms with Gasteiger partial charge in [-0.05, 0) is 44.1 Å². The van der Waals surface area contributed by atoms with Crippen molar-refractivity contribution < 1.29 is 0 Å². The van der Waals surface area contributed by atoms with Gasteiger partial charge < -0.3 is 0 Å². The Morgan fingerprint density at radius 3 is 2.70 bits per heavy atom. The smallest absolute Gasteiger partial charge is 0.265 e. The molecule has 0 atom stereocenters. The van der Waals surface area contributed by atoms with Crippen LogP contribution in [0.1, 0.15) is 30.2 Å². The predicted molar refractivity (Wildman–Crippen MR) is 83.0 cm³/mol. The van der Waals surface area contributed by atoms with Crippen molar-refractivity contribution in [2.24, 2.45) is 0 Å². The third-order valence-electron chi connectivity index (χ3n) is 3.68. The van der Waals surface area contributed by atoms with Crippen LogP contribution in [0.5, 0.6) is 0 Å². The van der Waals surface area contributed by atoms with Crippen LogP contribution < -0.4 is 5.69 Å². The van der Waals surface area contributed by atoms with Gasteiger partial charge in [-0.15, -0.1) is 11.8 Å². The molecule has 0 saturated carbocycles. The number of nitrogens with zero attached hydrogens (tertiary/aromatic N) is 2. The van der Waals surface area contributed by atoms with Crippen LogP contribution in [0.25, 0.3) is 5.69 Å². The average Bonchev–Trinajstić information content (AvgIpc) is 2.90. The molecule has 0 aliphatic heterocycles. The number of hydrogen-bond donors (Lipinski definition) is 0. The van der Waals surface area contributed by atoms with Gasteiger partial charge in [-0.25, -0.2) is 4.79 Å². The lowest BCUT2D eigenvalue weighted by atomic mass is 10.2. The maximum Gasteiger partial charge on any atom is 0.353 e. The molecule has 1 heterocycles. The Morgan fingerprint density at radius 2 is 2.00 bits per heavy atom. The Labute approximate surface area is 123 Å². The van der Waals surface area contributed by atoms with E-state index in [-0.39, 0.29) is 5.69 Å². The summed E-state index contributed by atoms with van der Waals surface area (Å²) in [5.74, 6) is 0.952. The van der Waals surface area contributed by atoms with Crippen molar-refractivity contribution in [2.75, 3.05) is 5.75 Å². The molecule has 0 spiro atoms. The lowest BCUT2D eigenvalue weighted by Crippen LogP contribution is -2.25. The summed E-state index contributed by atoms with van der Waals surface area (Å²) in [6, 6.07) is 8.09. The van der Waals surface area contributed by atoms with E-state index in [1.165, 1.54) is 11.1 Å². The van der Waals surface area contributed by atoms with Crippen molar-refractivity contribution in [3.05, 3.63) is 51.6 Å². The van der Waals surface area contributed by atoms with Crippen molar-refractivity contribution >= 4 is 11.8 Å². The van der Waals surface area contributed by atoms with Crippen molar-refractivity contribution in [1.29, 1.82) is 0 Å².